The van der Waals surface area contributed by atoms with Crippen LogP contribution in [0.2, 0.25) is 0 Å². The van der Waals surface area contributed by atoms with Crippen molar-refractivity contribution in [3.63, 3.8) is 0 Å². The van der Waals surface area contributed by atoms with E-state index in [1.54, 1.807) is 14.1 Å². The van der Waals surface area contributed by atoms with Gasteiger partial charge in [-0.05, 0) is 59.3 Å². The molecule has 0 unspecified atom stereocenters. The number of hydrogen-bond acceptors (Lipinski definition) is 3. The minimum absolute atomic E-state index is 0.285. The number of aryl methyl sites for hydroxylation is 1. The van der Waals surface area contributed by atoms with Crippen molar-refractivity contribution >= 4 is 39.2 Å². The first kappa shape index (κ1) is 24.2. The molecule has 0 radical (unpaired) electrons. The van der Waals surface area contributed by atoms with Crippen molar-refractivity contribution in [1.82, 2.24) is 9.47 Å². The summed E-state index contributed by atoms with van der Waals surface area (Å²) in [7, 11) is 4.80. The highest BCUT2D eigenvalue weighted by atomic mass is 79.9. The number of carbonyl (C=O) groups is 2. The van der Waals surface area contributed by atoms with Crippen molar-refractivity contribution in [1.29, 1.82) is 0 Å². The lowest BCUT2D eigenvalue weighted by atomic mass is 9.90. The molecule has 1 aromatic carbocycles. The van der Waals surface area contributed by atoms with Crippen LogP contribution in [0.5, 0.6) is 0 Å². The molecule has 0 bridgehead atoms. The van der Waals surface area contributed by atoms with Gasteiger partial charge in [0, 0.05) is 26.0 Å². The zero-order valence-electron chi connectivity index (χ0n) is 17.9. The zero-order valence-corrected chi connectivity index (χ0v) is 19.5. The van der Waals surface area contributed by atoms with Crippen LogP contribution in [-0.4, -0.2) is 43.1 Å². The largest absolute Gasteiger partial charge is 0.465 e. The van der Waals surface area contributed by atoms with Gasteiger partial charge in [-0.15, -0.1) is 0 Å². The molecule has 0 aliphatic heterocycles. The molecule has 0 atom stereocenters. The molecule has 156 valence electrons. The first-order valence-electron chi connectivity index (χ1n) is 9.87. The van der Waals surface area contributed by atoms with Crippen molar-refractivity contribution < 1.29 is 14.3 Å². The number of halogens is 1. The average Bonchev–Trinajstić information content (AvgIpc) is 2.97. The Morgan fingerprint density at radius 2 is 1.79 bits per heavy atom. The Bertz CT molecular complexity index is 778. The summed E-state index contributed by atoms with van der Waals surface area (Å²) in [5.74, 6) is 0.269. The van der Waals surface area contributed by atoms with E-state index in [9.17, 15) is 9.59 Å². The second-order valence-corrected chi connectivity index (χ2v) is 7.77. The van der Waals surface area contributed by atoms with Crippen LogP contribution in [0.25, 0.3) is 10.9 Å². The molecule has 5 nitrogen and oxygen atoms in total. The molecule has 1 amide bonds. The molecule has 0 N–H and O–H groups in total. The molecule has 0 fully saturated rings. The van der Waals surface area contributed by atoms with Crippen LogP contribution in [0.3, 0.4) is 0 Å². The second-order valence-electron chi connectivity index (χ2n) is 7.02. The molecular formula is C22H33BrN2O3. The second kappa shape index (κ2) is 11.9. The van der Waals surface area contributed by atoms with Gasteiger partial charge < -0.3 is 14.2 Å². The number of amides is 1. The number of hydrogen-bond donors (Lipinski definition) is 0. The molecule has 28 heavy (non-hydrogen) atoms. The lowest BCUT2D eigenvalue weighted by Gasteiger charge is -2.16. The standard InChI is InChI=1S/C19H26BrNO2.C3H7NO/c1-5-8-13(9-6-2)17-15-11-10-14(19(22)23-4)12-16(15)21(7-3)18(17)20;1-4(2)3-5/h10-13H,5-9H2,1-4H3;3H,1-2H3. The van der Waals surface area contributed by atoms with Crippen molar-refractivity contribution in [2.75, 3.05) is 21.2 Å². The Morgan fingerprint density at radius 3 is 2.21 bits per heavy atom. The van der Waals surface area contributed by atoms with Crippen molar-refractivity contribution in [2.45, 2.75) is 58.9 Å². The highest BCUT2D eigenvalue weighted by Crippen LogP contribution is 2.40. The maximum absolute atomic E-state index is 11.8. The van der Waals surface area contributed by atoms with E-state index in [1.807, 2.05) is 12.1 Å². The van der Waals surface area contributed by atoms with Crippen LogP contribution in [0, 0.1) is 0 Å². The van der Waals surface area contributed by atoms with E-state index in [-0.39, 0.29) is 5.97 Å². The molecule has 0 aliphatic rings. The summed E-state index contributed by atoms with van der Waals surface area (Å²) < 4.78 is 8.26. The zero-order chi connectivity index (χ0) is 21.3. The lowest BCUT2D eigenvalue weighted by molar-refractivity contribution is -0.115. The van der Waals surface area contributed by atoms with E-state index >= 15 is 0 Å². The smallest absolute Gasteiger partial charge is 0.337 e. The van der Waals surface area contributed by atoms with E-state index in [2.05, 4.69) is 47.3 Å². The van der Waals surface area contributed by atoms with Gasteiger partial charge in [-0.2, -0.15) is 0 Å². The summed E-state index contributed by atoms with van der Waals surface area (Å²) in [6.07, 6.45) is 5.48. The van der Waals surface area contributed by atoms with Gasteiger partial charge in [0.2, 0.25) is 6.41 Å². The summed E-state index contributed by atoms with van der Waals surface area (Å²) in [4.78, 5) is 22.7. The summed E-state index contributed by atoms with van der Waals surface area (Å²) in [5, 5.41) is 1.25. The maximum atomic E-state index is 11.8. The van der Waals surface area contributed by atoms with Gasteiger partial charge in [-0.3, -0.25) is 4.79 Å². The first-order chi connectivity index (χ1) is 13.4. The fourth-order valence-corrected chi connectivity index (χ4v) is 4.40. The quantitative estimate of drug-likeness (QED) is 0.386. The number of benzene rings is 1. The average molecular weight is 453 g/mol. The topological polar surface area (TPSA) is 51.5 Å². The maximum Gasteiger partial charge on any atom is 0.337 e. The Kier molecular flexibility index (Phi) is 10.3. The minimum atomic E-state index is -0.285. The van der Waals surface area contributed by atoms with Gasteiger partial charge in [0.25, 0.3) is 0 Å². The number of carbonyl (C=O) groups excluding carboxylic acids is 2. The number of fused-ring (bicyclic) bond motifs is 1. The summed E-state index contributed by atoms with van der Waals surface area (Å²) in [6.45, 7) is 7.48. The van der Waals surface area contributed by atoms with Crippen LogP contribution in [0.1, 0.15) is 68.3 Å². The van der Waals surface area contributed by atoms with E-state index < -0.39 is 0 Å². The summed E-state index contributed by atoms with van der Waals surface area (Å²) in [6, 6.07) is 5.90. The predicted molar refractivity (Wildman–Crippen MR) is 119 cm³/mol. The monoisotopic (exact) mass is 452 g/mol. The number of nitrogens with zero attached hydrogens (tertiary/aromatic N) is 2. The molecule has 2 rings (SSSR count). The van der Waals surface area contributed by atoms with Crippen LogP contribution in [0.4, 0.5) is 0 Å². The van der Waals surface area contributed by atoms with Crippen LogP contribution >= 0.6 is 15.9 Å². The van der Waals surface area contributed by atoms with Gasteiger partial charge in [-0.25, -0.2) is 4.79 Å². The third-order valence-corrected chi connectivity index (χ3v) is 5.52. The van der Waals surface area contributed by atoms with Gasteiger partial charge in [-0.1, -0.05) is 32.8 Å². The fraction of sp³-hybridized carbons (Fsp3) is 0.545. The number of aromatic nitrogens is 1. The minimum Gasteiger partial charge on any atom is -0.465 e. The summed E-state index contributed by atoms with van der Waals surface area (Å²) in [5.41, 5.74) is 3.10. The molecule has 0 saturated carbocycles. The molecular weight excluding hydrogens is 420 g/mol. The number of methoxy groups -OCH3 is 1. The Balaban J connectivity index is 0.000000696. The van der Waals surface area contributed by atoms with Crippen LogP contribution < -0.4 is 0 Å². The Labute approximate surface area is 177 Å². The molecule has 1 aromatic heterocycles. The fourth-order valence-electron chi connectivity index (χ4n) is 3.42. The normalized spacial score (nSPS) is 10.6. The molecule has 0 saturated heterocycles. The first-order valence-corrected chi connectivity index (χ1v) is 10.7. The van der Waals surface area contributed by atoms with Gasteiger partial charge in [0.05, 0.1) is 22.8 Å². The summed E-state index contributed by atoms with van der Waals surface area (Å²) >= 11 is 3.82. The van der Waals surface area contributed by atoms with E-state index in [0.717, 1.165) is 23.1 Å². The Morgan fingerprint density at radius 1 is 1.21 bits per heavy atom. The Hall–Kier alpha value is -1.82. The van der Waals surface area contributed by atoms with E-state index in [1.165, 1.54) is 48.6 Å². The van der Waals surface area contributed by atoms with Crippen LogP contribution in [0.15, 0.2) is 22.8 Å². The van der Waals surface area contributed by atoms with Gasteiger partial charge in [0.15, 0.2) is 0 Å². The van der Waals surface area contributed by atoms with Crippen molar-refractivity contribution in [3.8, 4) is 0 Å². The number of rotatable bonds is 8. The third kappa shape index (κ3) is 5.84. The lowest BCUT2D eigenvalue weighted by Crippen LogP contribution is -2.06. The molecule has 2 aromatic rings. The number of ether oxygens (including phenoxy) is 1. The van der Waals surface area contributed by atoms with Gasteiger partial charge in [0.1, 0.15) is 0 Å². The molecule has 6 heteroatoms. The highest BCUT2D eigenvalue weighted by molar-refractivity contribution is 9.10. The van der Waals surface area contributed by atoms with Crippen molar-refractivity contribution in [3.05, 3.63) is 33.9 Å². The highest BCUT2D eigenvalue weighted by Gasteiger charge is 2.22. The van der Waals surface area contributed by atoms with Crippen LogP contribution in [-0.2, 0) is 16.1 Å². The van der Waals surface area contributed by atoms with Gasteiger partial charge >= 0.3 is 5.97 Å². The predicted octanol–water partition coefficient (Wildman–Crippen LogP) is 5.60. The molecule has 0 spiro atoms. The molecule has 1 heterocycles. The van der Waals surface area contributed by atoms with Crippen molar-refractivity contribution in [2.24, 2.45) is 0 Å². The van der Waals surface area contributed by atoms with E-state index in [0.29, 0.717) is 11.5 Å². The third-order valence-electron chi connectivity index (χ3n) is 4.67. The number of esters is 1. The van der Waals surface area contributed by atoms with E-state index in [4.69, 9.17) is 4.74 Å². The SMILES string of the molecule is CCCC(CCC)c1c(Br)n(CC)c2cc(C(=O)OC)ccc12.CN(C)C=O. The molecule has 0 aliphatic carbocycles.